The Morgan fingerprint density at radius 1 is 1.28 bits per heavy atom. The SMILES string of the molecule is CNCCCC(=O)NCC(c1ccccc1Cl)N1CCOCC1.Cl.Cl. The number of nitrogens with one attached hydrogen (secondary N) is 2. The summed E-state index contributed by atoms with van der Waals surface area (Å²) in [4.78, 5) is 14.3. The molecule has 1 aliphatic heterocycles. The van der Waals surface area contributed by atoms with E-state index in [-0.39, 0.29) is 36.8 Å². The minimum atomic E-state index is 0. The van der Waals surface area contributed by atoms with Crippen LogP contribution in [0.1, 0.15) is 24.4 Å². The minimum Gasteiger partial charge on any atom is -0.379 e. The van der Waals surface area contributed by atoms with Crippen molar-refractivity contribution >= 4 is 42.3 Å². The number of hydrogen-bond acceptors (Lipinski definition) is 4. The Labute approximate surface area is 167 Å². The van der Waals surface area contributed by atoms with E-state index in [1.165, 1.54) is 0 Å². The highest BCUT2D eigenvalue weighted by molar-refractivity contribution is 6.31. The summed E-state index contributed by atoms with van der Waals surface area (Å²) < 4.78 is 5.44. The van der Waals surface area contributed by atoms with Gasteiger partial charge in [-0.3, -0.25) is 9.69 Å². The van der Waals surface area contributed by atoms with Crippen molar-refractivity contribution in [1.29, 1.82) is 0 Å². The van der Waals surface area contributed by atoms with Crippen molar-refractivity contribution in [1.82, 2.24) is 15.5 Å². The van der Waals surface area contributed by atoms with Gasteiger partial charge in [0.05, 0.1) is 19.3 Å². The topological polar surface area (TPSA) is 53.6 Å². The van der Waals surface area contributed by atoms with Crippen LogP contribution >= 0.6 is 36.4 Å². The van der Waals surface area contributed by atoms with E-state index >= 15 is 0 Å². The van der Waals surface area contributed by atoms with Crippen molar-refractivity contribution in [3.63, 3.8) is 0 Å². The number of carbonyl (C=O) groups excluding carboxylic acids is 1. The maximum Gasteiger partial charge on any atom is 0.220 e. The standard InChI is InChI=1S/C17H26ClN3O2.2ClH/c1-19-8-4-7-17(22)20-13-16(21-9-11-23-12-10-21)14-5-2-3-6-15(14)18;;/h2-3,5-6,16,19H,4,7-13H2,1H3,(H,20,22);2*1H. The van der Waals surface area contributed by atoms with Gasteiger partial charge in [0.15, 0.2) is 0 Å². The molecule has 1 saturated heterocycles. The van der Waals surface area contributed by atoms with Crippen molar-refractivity contribution in [3.05, 3.63) is 34.9 Å². The predicted molar refractivity (Wildman–Crippen MR) is 107 cm³/mol. The number of ether oxygens (including phenoxy) is 1. The number of hydrogen-bond donors (Lipinski definition) is 2. The molecule has 1 atom stereocenters. The summed E-state index contributed by atoms with van der Waals surface area (Å²) in [5, 5.41) is 6.85. The average Bonchev–Trinajstić information content (AvgIpc) is 2.58. The first kappa shape index (κ1) is 24.4. The second kappa shape index (κ2) is 13.6. The first-order valence-corrected chi connectivity index (χ1v) is 8.57. The van der Waals surface area contributed by atoms with Gasteiger partial charge in [-0.05, 0) is 31.6 Å². The molecule has 0 radical (unpaired) electrons. The van der Waals surface area contributed by atoms with Crippen molar-refractivity contribution in [2.24, 2.45) is 0 Å². The van der Waals surface area contributed by atoms with Gasteiger partial charge < -0.3 is 15.4 Å². The van der Waals surface area contributed by atoms with Crippen LogP contribution in [0.4, 0.5) is 0 Å². The quantitative estimate of drug-likeness (QED) is 0.645. The monoisotopic (exact) mass is 411 g/mol. The fourth-order valence-electron chi connectivity index (χ4n) is 2.79. The lowest BCUT2D eigenvalue weighted by Crippen LogP contribution is -2.44. The molecule has 2 N–H and O–H groups in total. The van der Waals surface area contributed by atoms with Crippen molar-refractivity contribution in [2.75, 3.05) is 46.4 Å². The fourth-order valence-corrected chi connectivity index (χ4v) is 3.06. The summed E-state index contributed by atoms with van der Waals surface area (Å²) in [5.74, 6) is 0.0885. The van der Waals surface area contributed by atoms with Gasteiger partial charge in [0.1, 0.15) is 0 Å². The summed E-state index contributed by atoms with van der Waals surface area (Å²) in [5.41, 5.74) is 1.06. The van der Waals surface area contributed by atoms with Crippen LogP contribution in [-0.2, 0) is 9.53 Å². The lowest BCUT2D eigenvalue weighted by atomic mass is 10.0. The first-order valence-electron chi connectivity index (χ1n) is 8.20. The summed E-state index contributed by atoms with van der Waals surface area (Å²) in [7, 11) is 1.89. The lowest BCUT2D eigenvalue weighted by Gasteiger charge is -2.35. The third kappa shape index (κ3) is 8.11. The molecule has 25 heavy (non-hydrogen) atoms. The minimum absolute atomic E-state index is 0. The Bertz CT molecular complexity index is 500. The number of halogens is 3. The van der Waals surface area contributed by atoms with Crippen molar-refractivity contribution in [3.8, 4) is 0 Å². The molecule has 0 bridgehead atoms. The lowest BCUT2D eigenvalue weighted by molar-refractivity contribution is -0.121. The van der Waals surface area contributed by atoms with Crippen LogP contribution in [-0.4, -0.2) is 57.2 Å². The predicted octanol–water partition coefficient (Wildman–Crippen LogP) is 2.67. The van der Waals surface area contributed by atoms with E-state index in [0.717, 1.165) is 49.9 Å². The van der Waals surface area contributed by atoms with Gasteiger partial charge in [0.25, 0.3) is 0 Å². The number of rotatable bonds is 8. The normalized spacial score (nSPS) is 15.6. The van der Waals surface area contributed by atoms with Crippen LogP contribution in [0.3, 0.4) is 0 Å². The zero-order chi connectivity index (χ0) is 16.5. The van der Waals surface area contributed by atoms with Gasteiger partial charge in [-0.25, -0.2) is 0 Å². The maximum atomic E-state index is 12.0. The molecular formula is C17H28Cl3N3O2. The third-order valence-corrected chi connectivity index (χ3v) is 4.42. The Morgan fingerprint density at radius 3 is 2.60 bits per heavy atom. The molecule has 0 saturated carbocycles. The molecule has 1 amide bonds. The largest absolute Gasteiger partial charge is 0.379 e. The second-order valence-corrected chi connectivity index (χ2v) is 6.10. The summed E-state index contributed by atoms with van der Waals surface area (Å²) >= 11 is 6.38. The molecule has 1 aliphatic rings. The molecule has 1 aromatic rings. The molecule has 2 rings (SSSR count). The zero-order valence-corrected chi connectivity index (χ0v) is 16.9. The highest BCUT2D eigenvalue weighted by Crippen LogP contribution is 2.27. The van der Waals surface area contributed by atoms with Gasteiger partial charge in [-0.1, -0.05) is 29.8 Å². The van der Waals surface area contributed by atoms with Crippen LogP contribution in [0.5, 0.6) is 0 Å². The Kier molecular flexibility index (Phi) is 13.3. The molecule has 0 spiro atoms. The van der Waals surface area contributed by atoms with Crippen LogP contribution in [0.2, 0.25) is 5.02 Å². The van der Waals surface area contributed by atoms with Crippen LogP contribution in [0, 0.1) is 0 Å². The molecule has 144 valence electrons. The fraction of sp³-hybridized carbons (Fsp3) is 0.588. The van der Waals surface area contributed by atoms with Gasteiger partial charge in [-0.15, -0.1) is 24.8 Å². The van der Waals surface area contributed by atoms with Crippen molar-refractivity contribution < 1.29 is 9.53 Å². The highest BCUT2D eigenvalue weighted by Gasteiger charge is 2.24. The van der Waals surface area contributed by atoms with E-state index in [2.05, 4.69) is 15.5 Å². The first-order chi connectivity index (χ1) is 11.2. The molecule has 1 heterocycles. The van der Waals surface area contributed by atoms with E-state index < -0.39 is 0 Å². The molecule has 1 aromatic carbocycles. The highest BCUT2D eigenvalue weighted by atomic mass is 35.5. The van der Waals surface area contributed by atoms with Crippen LogP contribution in [0.25, 0.3) is 0 Å². The average molecular weight is 413 g/mol. The van der Waals surface area contributed by atoms with E-state index in [0.29, 0.717) is 13.0 Å². The molecule has 0 aromatic heterocycles. The molecule has 1 fully saturated rings. The molecular weight excluding hydrogens is 385 g/mol. The van der Waals surface area contributed by atoms with E-state index in [1.807, 2.05) is 31.3 Å². The van der Waals surface area contributed by atoms with Gasteiger partial charge in [0, 0.05) is 31.1 Å². The Morgan fingerprint density at radius 2 is 1.96 bits per heavy atom. The smallest absolute Gasteiger partial charge is 0.220 e. The molecule has 8 heteroatoms. The Balaban J connectivity index is 0.00000288. The van der Waals surface area contributed by atoms with Gasteiger partial charge in [-0.2, -0.15) is 0 Å². The van der Waals surface area contributed by atoms with Crippen LogP contribution < -0.4 is 10.6 Å². The third-order valence-electron chi connectivity index (χ3n) is 4.07. The molecule has 0 aliphatic carbocycles. The van der Waals surface area contributed by atoms with E-state index in [1.54, 1.807) is 0 Å². The number of morpholine rings is 1. The van der Waals surface area contributed by atoms with Crippen LogP contribution in [0.15, 0.2) is 24.3 Å². The number of amides is 1. The summed E-state index contributed by atoms with van der Waals surface area (Å²) in [6.45, 7) is 4.57. The second-order valence-electron chi connectivity index (χ2n) is 5.70. The van der Waals surface area contributed by atoms with Crippen molar-refractivity contribution in [2.45, 2.75) is 18.9 Å². The van der Waals surface area contributed by atoms with Gasteiger partial charge >= 0.3 is 0 Å². The number of carbonyl (C=O) groups is 1. The molecule has 5 nitrogen and oxygen atoms in total. The summed E-state index contributed by atoms with van der Waals surface area (Å²) in [6, 6.07) is 7.94. The van der Waals surface area contributed by atoms with E-state index in [9.17, 15) is 4.79 Å². The zero-order valence-electron chi connectivity index (χ0n) is 14.5. The number of nitrogens with zero attached hydrogens (tertiary/aromatic N) is 1. The van der Waals surface area contributed by atoms with Gasteiger partial charge in [0.2, 0.25) is 5.91 Å². The number of benzene rings is 1. The Hall–Kier alpha value is -0.560. The maximum absolute atomic E-state index is 12.0. The molecule has 1 unspecified atom stereocenters. The van der Waals surface area contributed by atoms with E-state index in [4.69, 9.17) is 16.3 Å². The summed E-state index contributed by atoms with van der Waals surface area (Å²) in [6.07, 6.45) is 1.38.